The summed E-state index contributed by atoms with van der Waals surface area (Å²) >= 11 is 0. The maximum Gasteiger partial charge on any atom is 0.341 e. The number of fused-ring (bicyclic) bond motifs is 2. The van der Waals surface area contributed by atoms with E-state index in [0.717, 1.165) is 5.56 Å². The van der Waals surface area contributed by atoms with E-state index in [2.05, 4.69) is 0 Å². The van der Waals surface area contributed by atoms with E-state index in [-0.39, 0.29) is 6.10 Å². The predicted octanol–water partition coefficient (Wildman–Crippen LogP) is 2.20. The largest absolute Gasteiger partial charge is 0.486 e. The molecule has 0 radical (unpaired) electrons. The zero-order valence-electron chi connectivity index (χ0n) is 12.8. The zero-order valence-corrected chi connectivity index (χ0v) is 12.8. The second-order valence-corrected chi connectivity index (χ2v) is 5.70. The number of carbonyl (C=O) groups is 1. The van der Waals surface area contributed by atoms with Crippen LogP contribution >= 0.6 is 0 Å². The zero-order chi connectivity index (χ0) is 16.5. The minimum atomic E-state index is -1.25. The third-order valence-corrected chi connectivity index (χ3v) is 3.95. The smallest absolute Gasteiger partial charge is 0.341 e. The number of hydrogen-bond acceptors (Lipinski definition) is 6. The molecule has 0 fully saturated rings. The van der Waals surface area contributed by atoms with Crippen molar-refractivity contribution in [2.75, 3.05) is 13.2 Å². The summed E-state index contributed by atoms with van der Waals surface area (Å²) in [5, 5.41) is 9.72. The van der Waals surface area contributed by atoms with Gasteiger partial charge in [-0.2, -0.15) is 0 Å². The lowest BCUT2D eigenvalue weighted by Crippen LogP contribution is -2.33. The van der Waals surface area contributed by atoms with Crippen LogP contribution in [0.3, 0.4) is 0 Å². The number of carbonyl (C=O) groups excluding carboxylic acids is 1. The molecule has 6 heteroatoms. The number of benzene rings is 2. The molecule has 6 nitrogen and oxygen atoms in total. The standard InChI is InChI=1S/C18H16O6/c19-17-13-6-15-16(7-14(13)18(20)24-17)23-12(10-22-15)9-21-8-11-4-2-1-3-5-11/h1-7,12,18,20H,8-10H2/t12-,18?/m0/s1. The third-order valence-electron chi connectivity index (χ3n) is 3.95. The molecule has 0 bridgehead atoms. The molecule has 2 aliphatic rings. The van der Waals surface area contributed by atoms with E-state index < -0.39 is 12.3 Å². The van der Waals surface area contributed by atoms with Crippen molar-refractivity contribution in [1.82, 2.24) is 0 Å². The Bertz CT molecular complexity index is 758. The highest BCUT2D eigenvalue weighted by Gasteiger charge is 2.33. The van der Waals surface area contributed by atoms with Gasteiger partial charge in [0.15, 0.2) is 17.6 Å². The van der Waals surface area contributed by atoms with Crippen LogP contribution in [0.1, 0.15) is 27.8 Å². The fourth-order valence-electron chi connectivity index (χ4n) is 2.75. The molecule has 0 aliphatic carbocycles. The van der Waals surface area contributed by atoms with Crippen LogP contribution in [0.5, 0.6) is 11.5 Å². The van der Waals surface area contributed by atoms with Gasteiger partial charge in [-0.15, -0.1) is 0 Å². The highest BCUT2D eigenvalue weighted by Crippen LogP contribution is 2.40. The van der Waals surface area contributed by atoms with Gasteiger partial charge in [0.25, 0.3) is 0 Å². The molecule has 2 atom stereocenters. The normalized spacial score (nSPS) is 21.3. The summed E-state index contributed by atoms with van der Waals surface area (Å²) in [6, 6.07) is 13.0. The third kappa shape index (κ3) is 2.81. The molecule has 0 aromatic heterocycles. The second-order valence-electron chi connectivity index (χ2n) is 5.70. The van der Waals surface area contributed by atoms with Crippen molar-refractivity contribution in [2.45, 2.75) is 19.0 Å². The topological polar surface area (TPSA) is 74.2 Å². The van der Waals surface area contributed by atoms with Crippen molar-refractivity contribution in [1.29, 1.82) is 0 Å². The first kappa shape index (κ1) is 15.0. The van der Waals surface area contributed by atoms with Crippen molar-refractivity contribution < 1.29 is 28.8 Å². The number of cyclic esters (lactones) is 1. The molecule has 0 saturated carbocycles. The van der Waals surface area contributed by atoms with Crippen LogP contribution in [-0.4, -0.2) is 30.4 Å². The van der Waals surface area contributed by atoms with Crippen LogP contribution in [0.15, 0.2) is 42.5 Å². The molecular formula is C18H16O6. The fourth-order valence-corrected chi connectivity index (χ4v) is 2.75. The molecule has 2 heterocycles. The lowest BCUT2D eigenvalue weighted by molar-refractivity contribution is -0.0549. The summed E-state index contributed by atoms with van der Waals surface area (Å²) in [4.78, 5) is 11.6. The van der Waals surface area contributed by atoms with Crippen molar-refractivity contribution >= 4 is 5.97 Å². The first-order valence-electron chi connectivity index (χ1n) is 7.69. The van der Waals surface area contributed by atoms with Gasteiger partial charge in [0.2, 0.25) is 6.29 Å². The van der Waals surface area contributed by atoms with Crippen LogP contribution in [0.25, 0.3) is 0 Å². The van der Waals surface area contributed by atoms with Gasteiger partial charge in [-0.05, 0) is 17.7 Å². The van der Waals surface area contributed by atoms with Crippen LogP contribution in [0, 0.1) is 0 Å². The van der Waals surface area contributed by atoms with Gasteiger partial charge in [0, 0.05) is 5.56 Å². The van der Waals surface area contributed by atoms with Gasteiger partial charge >= 0.3 is 5.97 Å². The van der Waals surface area contributed by atoms with E-state index >= 15 is 0 Å². The summed E-state index contributed by atoms with van der Waals surface area (Å²) in [5.74, 6) is 0.391. The van der Waals surface area contributed by atoms with Gasteiger partial charge in [-0.1, -0.05) is 30.3 Å². The Morgan fingerprint density at radius 3 is 2.79 bits per heavy atom. The Morgan fingerprint density at radius 2 is 1.96 bits per heavy atom. The summed E-state index contributed by atoms with van der Waals surface area (Å²) in [6.07, 6.45) is -1.51. The van der Waals surface area contributed by atoms with Crippen molar-refractivity contribution in [3.05, 3.63) is 59.2 Å². The van der Waals surface area contributed by atoms with Crippen LogP contribution in [0.2, 0.25) is 0 Å². The van der Waals surface area contributed by atoms with Crippen molar-refractivity contribution in [3.8, 4) is 11.5 Å². The molecule has 0 saturated heterocycles. The molecular weight excluding hydrogens is 312 g/mol. The average molecular weight is 328 g/mol. The Balaban J connectivity index is 1.41. The number of rotatable bonds is 4. The summed E-state index contributed by atoms with van der Waals surface area (Å²) < 4.78 is 21.9. The second kappa shape index (κ2) is 6.14. The van der Waals surface area contributed by atoms with Crippen LogP contribution in [0.4, 0.5) is 0 Å². The fraction of sp³-hybridized carbons (Fsp3) is 0.278. The van der Waals surface area contributed by atoms with Crippen molar-refractivity contribution in [3.63, 3.8) is 0 Å². The SMILES string of the molecule is O=C1OC(O)c2cc3c(cc21)OC[C@H](COCc1ccccc1)O3. The maximum atomic E-state index is 11.6. The molecule has 1 N–H and O–H groups in total. The Hall–Kier alpha value is -2.57. The summed E-state index contributed by atoms with van der Waals surface area (Å²) in [5.41, 5.74) is 1.79. The summed E-state index contributed by atoms with van der Waals surface area (Å²) in [7, 11) is 0. The number of ether oxygens (including phenoxy) is 4. The Kier molecular flexibility index (Phi) is 3.84. The molecule has 4 rings (SSSR count). The van der Waals surface area contributed by atoms with Gasteiger partial charge in [0.05, 0.1) is 18.8 Å². The van der Waals surface area contributed by atoms with E-state index in [1.807, 2.05) is 30.3 Å². The number of esters is 1. The Labute approximate surface area is 138 Å². The highest BCUT2D eigenvalue weighted by atomic mass is 16.6. The lowest BCUT2D eigenvalue weighted by atomic mass is 10.1. The van der Waals surface area contributed by atoms with Gasteiger partial charge in [0.1, 0.15) is 6.61 Å². The maximum absolute atomic E-state index is 11.6. The molecule has 2 aliphatic heterocycles. The minimum absolute atomic E-state index is 0.255. The first-order valence-corrected chi connectivity index (χ1v) is 7.69. The Morgan fingerprint density at radius 1 is 1.12 bits per heavy atom. The number of aliphatic hydroxyl groups excluding tert-OH is 1. The molecule has 1 unspecified atom stereocenters. The van der Waals surface area contributed by atoms with E-state index in [1.165, 1.54) is 0 Å². The summed E-state index contributed by atoms with van der Waals surface area (Å²) in [6.45, 7) is 1.21. The van der Waals surface area contributed by atoms with E-state index in [0.29, 0.717) is 42.4 Å². The molecule has 0 amide bonds. The first-order chi connectivity index (χ1) is 11.7. The predicted molar refractivity (Wildman–Crippen MR) is 82.8 cm³/mol. The molecule has 124 valence electrons. The molecule has 24 heavy (non-hydrogen) atoms. The molecule has 2 aromatic carbocycles. The quantitative estimate of drug-likeness (QED) is 0.868. The van der Waals surface area contributed by atoms with Gasteiger partial charge < -0.3 is 24.1 Å². The highest BCUT2D eigenvalue weighted by molar-refractivity contribution is 5.94. The number of aliphatic hydroxyl groups is 1. The van der Waals surface area contributed by atoms with Crippen LogP contribution in [-0.2, 0) is 16.1 Å². The van der Waals surface area contributed by atoms with Crippen molar-refractivity contribution in [2.24, 2.45) is 0 Å². The monoisotopic (exact) mass is 328 g/mol. The van der Waals surface area contributed by atoms with Gasteiger partial charge in [-0.3, -0.25) is 0 Å². The van der Waals surface area contributed by atoms with E-state index in [1.54, 1.807) is 12.1 Å². The molecule has 0 spiro atoms. The lowest BCUT2D eigenvalue weighted by Gasteiger charge is -2.26. The minimum Gasteiger partial charge on any atom is -0.486 e. The molecule has 2 aromatic rings. The van der Waals surface area contributed by atoms with Gasteiger partial charge in [-0.25, -0.2) is 4.79 Å². The van der Waals surface area contributed by atoms with Crippen LogP contribution < -0.4 is 9.47 Å². The number of hydrogen-bond donors (Lipinski definition) is 1. The average Bonchev–Trinajstić information content (AvgIpc) is 2.88. The van der Waals surface area contributed by atoms with E-state index in [9.17, 15) is 9.90 Å². The van der Waals surface area contributed by atoms with E-state index in [4.69, 9.17) is 18.9 Å².